The van der Waals surface area contributed by atoms with Gasteiger partial charge in [0.15, 0.2) is 5.76 Å². The van der Waals surface area contributed by atoms with E-state index in [0.717, 1.165) is 22.3 Å². The molecule has 0 aliphatic heterocycles. The highest BCUT2D eigenvalue weighted by Gasteiger charge is 2.21. The summed E-state index contributed by atoms with van der Waals surface area (Å²) in [6, 6.07) is 5.53. The molecule has 8 heteroatoms. The largest absolute Gasteiger partial charge is 0.461 e. The highest BCUT2D eigenvalue weighted by molar-refractivity contribution is 7.89. The maximum Gasteiger partial charge on any atom is 0.241 e. The van der Waals surface area contributed by atoms with Gasteiger partial charge < -0.3 is 4.42 Å². The Labute approximate surface area is 152 Å². The number of aromatic nitrogens is 3. The van der Waals surface area contributed by atoms with Crippen molar-refractivity contribution in [3.8, 4) is 11.6 Å². The van der Waals surface area contributed by atoms with E-state index in [0.29, 0.717) is 28.7 Å². The molecule has 26 heavy (non-hydrogen) atoms. The SMILES string of the molecule is Cc1cc(C)c(C)c(S(=O)(=O)NCCc2nc(-c3ccco3)n[nH]2)c1C. The highest BCUT2D eigenvalue weighted by Crippen LogP contribution is 2.25. The molecule has 2 aromatic heterocycles. The zero-order valence-corrected chi connectivity index (χ0v) is 16.1. The van der Waals surface area contributed by atoms with Crippen molar-refractivity contribution >= 4 is 10.0 Å². The highest BCUT2D eigenvalue weighted by atomic mass is 32.2. The molecule has 138 valence electrons. The molecular formula is C18H22N4O3S. The quantitative estimate of drug-likeness (QED) is 0.691. The van der Waals surface area contributed by atoms with E-state index in [1.807, 2.05) is 33.8 Å². The molecule has 0 bridgehead atoms. The number of rotatable bonds is 6. The van der Waals surface area contributed by atoms with Gasteiger partial charge in [0.1, 0.15) is 5.82 Å². The molecule has 0 saturated heterocycles. The number of furan rings is 1. The predicted molar refractivity (Wildman–Crippen MR) is 98.4 cm³/mol. The molecule has 0 amide bonds. The van der Waals surface area contributed by atoms with E-state index in [1.54, 1.807) is 18.4 Å². The van der Waals surface area contributed by atoms with Crippen molar-refractivity contribution in [2.75, 3.05) is 6.54 Å². The number of sulfonamides is 1. The second kappa shape index (κ2) is 7.05. The molecule has 2 heterocycles. The summed E-state index contributed by atoms with van der Waals surface area (Å²) >= 11 is 0. The summed E-state index contributed by atoms with van der Waals surface area (Å²) in [5.74, 6) is 1.61. The maximum absolute atomic E-state index is 12.8. The third-order valence-electron chi connectivity index (χ3n) is 4.49. The Hall–Kier alpha value is -2.45. The van der Waals surface area contributed by atoms with Crippen molar-refractivity contribution in [2.24, 2.45) is 0 Å². The van der Waals surface area contributed by atoms with E-state index in [4.69, 9.17) is 4.42 Å². The summed E-state index contributed by atoms with van der Waals surface area (Å²) in [4.78, 5) is 4.68. The lowest BCUT2D eigenvalue weighted by Crippen LogP contribution is -2.28. The molecule has 0 fully saturated rings. The van der Waals surface area contributed by atoms with Gasteiger partial charge in [-0.1, -0.05) is 6.07 Å². The van der Waals surface area contributed by atoms with Crippen LogP contribution in [0.15, 0.2) is 33.8 Å². The average molecular weight is 374 g/mol. The Kier molecular flexibility index (Phi) is 4.97. The second-order valence-corrected chi connectivity index (χ2v) is 8.02. The monoisotopic (exact) mass is 374 g/mol. The Morgan fingerprint density at radius 3 is 2.46 bits per heavy atom. The summed E-state index contributed by atoms with van der Waals surface area (Å²) in [6.45, 7) is 7.74. The Morgan fingerprint density at radius 1 is 1.15 bits per heavy atom. The van der Waals surface area contributed by atoms with Crippen molar-refractivity contribution < 1.29 is 12.8 Å². The zero-order chi connectivity index (χ0) is 18.9. The molecule has 0 aliphatic rings. The number of nitrogens with one attached hydrogen (secondary N) is 2. The minimum absolute atomic E-state index is 0.223. The summed E-state index contributed by atoms with van der Waals surface area (Å²) in [7, 11) is -3.60. The molecule has 2 N–H and O–H groups in total. The number of H-pyrrole nitrogens is 1. The zero-order valence-electron chi connectivity index (χ0n) is 15.3. The molecule has 0 radical (unpaired) electrons. The lowest BCUT2D eigenvalue weighted by molar-refractivity contribution is 0.576. The molecule has 3 rings (SSSR count). The molecule has 3 aromatic rings. The van der Waals surface area contributed by atoms with Gasteiger partial charge in [0, 0.05) is 13.0 Å². The summed E-state index contributed by atoms with van der Waals surface area (Å²) in [5.41, 5.74) is 3.49. The Bertz CT molecular complexity index is 995. The molecule has 7 nitrogen and oxygen atoms in total. The lowest BCUT2D eigenvalue weighted by Gasteiger charge is -2.16. The van der Waals surface area contributed by atoms with Gasteiger partial charge in [0.2, 0.25) is 15.8 Å². The maximum atomic E-state index is 12.8. The van der Waals surface area contributed by atoms with Crippen LogP contribution in [-0.4, -0.2) is 30.1 Å². The van der Waals surface area contributed by atoms with E-state index in [-0.39, 0.29) is 6.54 Å². The van der Waals surface area contributed by atoms with Gasteiger partial charge in [-0.25, -0.2) is 18.1 Å². The summed E-state index contributed by atoms with van der Waals surface area (Å²) < 4.78 is 33.5. The van der Waals surface area contributed by atoms with Crippen LogP contribution in [0.2, 0.25) is 0 Å². The first-order chi connectivity index (χ1) is 12.3. The number of aryl methyl sites for hydroxylation is 2. The molecule has 0 aliphatic carbocycles. The van der Waals surface area contributed by atoms with E-state index in [9.17, 15) is 8.42 Å². The normalized spacial score (nSPS) is 11.8. The molecule has 0 atom stereocenters. The van der Waals surface area contributed by atoms with Crippen molar-refractivity contribution in [3.05, 3.63) is 52.5 Å². The molecule has 0 saturated carbocycles. The fourth-order valence-electron chi connectivity index (χ4n) is 2.88. The van der Waals surface area contributed by atoms with Crippen LogP contribution in [-0.2, 0) is 16.4 Å². The average Bonchev–Trinajstić information content (AvgIpc) is 3.24. The standard InChI is InChI=1S/C18H22N4O3S/c1-11-10-12(2)14(4)17(13(11)3)26(23,24)19-8-7-16-20-18(22-21-16)15-6-5-9-25-15/h5-6,9-10,19H,7-8H2,1-4H3,(H,20,21,22). The molecule has 0 spiro atoms. The van der Waals surface area contributed by atoms with Crippen LogP contribution >= 0.6 is 0 Å². The van der Waals surface area contributed by atoms with E-state index in [2.05, 4.69) is 19.9 Å². The fraction of sp³-hybridized carbons (Fsp3) is 0.333. The van der Waals surface area contributed by atoms with E-state index >= 15 is 0 Å². The smallest absolute Gasteiger partial charge is 0.241 e. The first-order valence-corrected chi connectivity index (χ1v) is 9.80. The topological polar surface area (TPSA) is 101 Å². The van der Waals surface area contributed by atoms with Crippen LogP contribution in [0.5, 0.6) is 0 Å². The number of aromatic amines is 1. The van der Waals surface area contributed by atoms with Crippen molar-refractivity contribution in [1.29, 1.82) is 0 Å². The van der Waals surface area contributed by atoms with E-state index in [1.165, 1.54) is 0 Å². The van der Waals surface area contributed by atoms with Gasteiger partial charge in [-0.05, 0) is 62.1 Å². The van der Waals surface area contributed by atoms with Gasteiger partial charge in [0.05, 0.1) is 11.2 Å². The number of benzene rings is 1. The van der Waals surface area contributed by atoms with Crippen LogP contribution in [0.3, 0.4) is 0 Å². The molecule has 0 unspecified atom stereocenters. The number of hydrogen-bond acceptors (Lipinski definition) is 5. The van der Waals surface area contributed by atoms with E-state index < -0.39 is 10.0 Å². The van der Waals surface area contributed by atoms with Gasteiger partial charge in [-0.2, -0.15) is 5.10 Å². The van der Waals surface area contributed by atoms with Gasteiger partial charge in [-0.15, -0.1) is 0 Å². The van der Waals surface area contributed by atoms with Gasteiger partial charge >= 0.3 is 0 Å². The molecule has 1 aromatic carbocycles. The summed E-state index contributed by atoms with van der Waals surface area (Å²) in [6.07, 6.45) is 1.95. The minimum atomic E-state index is -3.60. The van der Waals surface area contributed by atoms with Crippen LogP contribution in [0.25, 0.3) is 11.6 Å². The molecular weight excluding hydrogens is 352 g/mol. The lowest BCUT2D eigenvalue weighted by atomic mass is 10.0. The summed E-state index contributed by atoms with van der Waals surface area (Å²) in [5, 5.41) is 6.88. The Morgan fingerprint density at radius 2 is 1.85 bits per heavy atom. The van der Waals surface area contributed by atoms with Gasteiger partial charge in [0.25, 0.3) is 0 Å². The number of hydrogen-bond donors (Lipinski definition) is 2. The number of nitrogens with zero attached hydrogens (tertiary/aromatic N) is 2. The minimum Gasteiger partial charge on any atom is -0.461 e. The third kappa shape index (κ3) is 3.56. The predicted octanol–water partition coefficient (Wildman–Crippen LogP) is 2.82. The van der Waals surface area contributed by atoms with Crippen LogP contribution < -0.4 is 4.72 Å². The van der Waals surface area contributed by atoms with Crippen molar-refractivity contribution in [2.45, 2.75) is 39.0 Å². The van der Waals surface area contributed by atoms with Crippen molar-refractivity contribution in [1.82, 2.24) is 19.9 Å². The van der Waals surface area contributed by atoms with Crippen molar-refractivity contribution in [3.63, 3.8) is 0 Å². The van der Waals surface area contributed by atoms with Crippen LogP contribution in [0.4, 0.5) is 0 Å². The first kappa shape index (κ1) is 18.3. The van der Waals surface area contributed by atoms with Gasteiger partial charge in [-0.3, -0.25) is 5.10 Å². The second-order valence-electron chi connectivity index (χ2n) is 6.32. The fourth-order valence-corrected chi connectivity index (χ4v) is 4.53. The van der Waals surface area contributed by atoms with Crippen LogP contribution in [0, 0.1) is 27.7 Å². The Balaban J connectivity index is 1.72. The first-order valence-electron chi connectivity index (χ1n) is 8.32. The van der Waals surface area contributed by atoms with Crippen LogP contribution in [0.1, 0.15) is 28.1 Å². The third-order valence-corrected chi connectivity index (χ3v) is 6.23.